The van der Waals surface area contributed by atoms with Crippen molar-refractivity contribution >= 4 is 11.6 Å². The fourth-order valence-corrected chi connectivity index (χ4v) is 1.39. The van der Waals surface area contributed by atoms with Crippen molar-refractivity contribution in [2.75, 3.05) is 0 Å². The molecule has 0 bridgehead atoms. The molecule has 1 atom stereocenters. The Morgan fingerprint density at radius 3 is 2.67 bits per heavy atom. The van der Waals surface area contributed by atoms with Gasteiger partial charge in [-0.2, -0.15) is 13.2 Å². The minimum atomic E-state index is -4.63. The highest BCUT2D eigenvalue weighted by atomic mass is 35.5. The number of imidazole rings is 1. The summed E-state index contributed by atoms with van der Waals surface area (Å²) in [4.78, 5) is 3.67. The summed E-state index contributed by atoms with van der Waals surface area (Å²) in [6.45, 7) is 2.21. The van der Waals surface area contributed by atoms with Crippen molar-refractivity contribution in [1.29, 1.82) is 0 Å². The van der Waals surface area contributed by atoms with Gasteiger partial charge in [0.1, 0.15) is 5.15 Å². The molecule has 0 amide bonds. The zero-order chi connectivity index (χ0) is 11.6. The third-order valence-corrected chi connectivity index (χ3v) is 2.32. The van der Waals surface area contributed by atoms with E-state index in [9.17, 15) is 13.2 Å². The summed E-state index contributed by atoms with van der Waals surface area (Å²) in [5.74, 6) is 0. The van der Waals surface area contributed by atoms with E-state index in [1.165, 1.54) is 10.9 Å². The van der Waals surface area contributed by atoms with Crippen LogP contribution < -0.4 is 0 Å². The Morgan fingerprint density at radius 2 is 2.20 bits per heavy atom. The smallest absolute Gasteiger partial charge is 0.383 e. The predicted molar refractivity (Wildman–Crippen MR) is 48.7 cm³/mol. The zero-order valence-corrected chi connectivity index (χ0v) is 8.68. The fraction of sp³-hybridized carbons (Fsp3) is 0.625. The van der Waals surface area contributed by atoms with E-state index in [4.69, 9.17) is 16.7 Å². The molecule has 15 heavy (non-hydrogen) atoms. The lowest BCUT2D eigenvalue weighted by Gasteiger charge is -2.15. The Kier molecular flexibility index (Phi) is 3.62. The molecule has 0 spiro atoms. The molecule has 3 nitrogen and oxygen atoms in total. The second-order valence-corrected chi connectivity index (χ2v) is 3.39. The van der Waals surface area contributed by atoms with Gasteiger partial charge in [0, 0.05) is 13.0 Å². The van der Waals surface area contributed by atoms with E-state index < -0.39 is 18.7 Å². The van der Waals surface area contributed by atoms with E-state index in [0.717, 1.165) is 0 Å². The summed E-state index contributed by atoms with van der Waals surface area (Å²) in [6, 6.07) is 0. The van der Waals surface area contributed by atoms with Crippen molar-refractivity contribution in [2.45, 2.75) is 32.2 Å². The molecule has 0 aromatic carbocycles. The van der Waals surface area contributed by atoms with Crippen LogP contribution in [0.2, 0.25) is 5.15 Å². The minimum Gasteiger partial charge on any atom is -0.383 e. The van der Waals surface area contributed by atoms with E-state index in [2.05, 4.69) is 4.98 Å². The van der Waals surface area contributed by atoms with Gasteiger partial charge in [-0.3, -0.25) is 0 Å². The molecule has 0 aliphatic rings. The summed E-state index contributed by atoms with van der Waals surface area (Å²) in [7, 11) is 0. The second kappa shape index (κ2) is 4.40. The maximum atomic E-state index is 12.1. The number of aliphatic hydroxyl groups excluding tert-OH is 1. The van der Waals surface area contributed by atoms with Gasteiger partial charge in [0.25, 0.3) is 0 Å². The fourth-order valence-electron chi connectivity index (χ4n) is 1.16. The lowest BCUT2D eigenvalue weighted by Crippen LogP contribution is -2.31. The summed E-state index contributed by atoms with van der Waals surface area (Å²) < 4.78 is 37.7. The van der Waals surface area contributed by atoms with E-state index >= 15 is 0 Å². The van der Waals surface area contributed by atoms with Crippen molar-refractivity contribution < 1.29 is 18.3 Å². The second-order valence-electron chi connectivity index (χ2n) is 3.03. The zero-order valence-electron chi connectivity index (χ0n) is 7.92. The van der Waals surface area contributed by atoms with Crippen molar-refractivity contribution in [1.82, 2.24) is 9.55 Å². The normalized spacial score (nSPS) is 14.3. The number of aryl methyl sites for hydroxylation is 1. The van der Waals surface area contributed by atoms with Crippen molar-refractivity contribution in [3.63, 3.8) is 0 Å². The van der Waals surface area contributed by atoms with E-state index in [-0.39, 0.29) is 10.8 Å². The van der Waals surface area contributed by atoms with Crippen LogP contribution in [0.4, 0.5) is 13.2 Å². The predicted octanol–water partition coefficient (Wildman–Crippen LogP) is 2.02. The molecular formula is C8H10ClF3N2O. The van der Waals surface area contributed by atoms with Crippen LogP contribution in [0.5, 0.6) is 0 Å². The van der Waals surface area contributed by atoms with Gasteiger partial charge in [0.15, 0.2) is 6.10 Å². The molecule has 1 unspecified atom stereocenters. The summed E-state index contributed by atoms with van der Waals surface area (Å²) >= 11 is 5.61. The highest BCUT2D eigenvalue weighted by molar-refractivity contribution is 6.30. The average Bonchev–Trinajstić information content (AvgIpc) is 2.46. The number of hydrogen-bond donors (Lipinski definition) is 1. The molecule has 0 aliphatic carbocycles. The lowest BCUT2D eigenvalue weighted by molar-refractivity contribution is -0.203. The van der Waals surface area contributed by atoms with Gasteiger partial charge in [0.05, 0.1) is 12.0 Å². The van der Waals surface area contributed by atoms with Gasteiger partial charge in [-0.15, -0.1) is 0 Å². The van der Waals surface area contributed by atoms with Crippen LogP contribution >= 0.6 is 11.6 Å². The van der Waals surface area contributed by atoms with Gasteiger partial charge in [-0.1, -0.05) is 11.6 Å². The van der Waals surface area contributed by atoms with E-state index in [1.54, 1.807) is 6.92 Å². The molecule has 1 aromatic heterocycles. The summed E-state index contributed by atoms with van der Waals surface area (Å²) in [5.41, 5.74) is 0.198. The van der Waals surface area contributed by atoms with Crippen LogP contribution in [-0.4, -0.2) is 26.9 Å². The molecule has 1 N–H and O–H groups in total. The van der Waals surface area contributed by atoms with Crippen LogP contribution in [-0.2, 0) is 13.0 Å². The molecular weight excluding hydrogens is 233 g/mol. The maximum absolute atomic E-state index is 12.1. The van der Waals surface area contributed by atoms with Crippen molar-refractivity contribution in [2.24, 2.45) is 0 Å². The first-order valence-electron chi connectivity index (χ1n) is 4.30. The Balaban J connectivity index is 2.84. The molecule has 0 fully saturated rings. The number of nitrogens with zero attached hydrogens (tertiary/aromatic N) is 2. The van der Waals surface area contributed by atoms with Crippen LogP contribution in [0.25, 0.3) is 0 Å². The average molecular weight is 243 g/mol. The number of aromatic nitrogens is 2. The quantitative estimate of drug-likeness (QED) is 0.881. The Labute approximate surface area is 89.5 Å². The van der Waals surface area contributed by atoms with Crippen LogP contribution in [0.15, 0.2) is 6.33 Å². The standard InChI is InChI=1S/C8H10ClF3N2O/c1-2-14-4-13-7(9)5(14)3-6(15)8(10,11)12/h4,6,15H,2-3H2,1H3. The Morgan fingerprint density at radius 1 is 1.60 bits per heavy atom. The minimum absolute atomic E-state index is 0.000139. The molecule has 1 heterocycles. The molecule has 0 radical (unpaired) electrons. The topological polar surface area (TPSA) is 38.0 Å². The van der Waals surface area contributed by atoms with Gasteiger partial charge < -0.3 is 9.67 Å². The lowest BCUT2D eigenvalue weighted by atomic mass is 10.2. The summed E-state index contributed by atoms with van der Waals surface area (Å²) in [5, 5.41) is 8.88. The third kappa shape index (κ3) is 2.85. The van der Waals surface area contributed by atoms with E-state index in [1.807, 2.05) is 0 Å². The van der Waals surface area contributed by atoms with Gasteiger partial charge in [-0.05, 0) is 6.92 Å². The Bertz CT molecular complexity index is 337. The SMILES string of the molecule is CCn1cnc(Cl)c1CC(O)C(F)(F)F. The van der Waals surface area contributed by atoms with E-state index in [0.29, 0.717) is 6.54 Å². The van der Waals surface area contributed by atoms with Gasteiger partial charge >= 0.3 is 6.18 Å². The Hall–Kier alpha value is -0.750. The number of rotatable bonds is 3. The number of aliphatic hydroxyl groups is 1. The molecule has 0 saturated heterocycles. The van der Waals surface area contributed by atoms with Crippen LogP contribution in [0.3, 0.4) is 0 Å². The maximum Gasteiger partial charge on any atom is 0.414 e. The molecule has 1 aromatic rings. The molecule has 0 aliphatic heterocycles. The summed E-state index contributed by atoms with van der Waals surface area (Å²) in [6.07, 6.45) is -6.26. The van der Waals surface area contributed by atoms with Crippen LogP contribution in [0.1, 0.15) is 12.6 Å². The highest BCUT2D eigenvalue weighted by Gasteiger charge is 2.39. The number of alkyl halides is 3. The molecule has 0 saturated carbocycles. The first-order chi connectivity index (χ1) is 6.86. The third-order valence-electron chi connectivity index (χ3n) is 2.00. The van der Waals surface area contributed by atoms with Crippen LogP contribution in [0, 0.1) is 0 Å². The van der Waals surface area contributed by atoms with Gasteiger partial charge in [0.2, 0.25) is 0 Å². The largest absolute Gasteiger partial charge is 0.414 e. The monoisotopic (exact) mass is 242 g/mol. The van der Waals surface area contributed by atoms with Crippen molar-refractivity contribution in [3.05, 3.63) is 17.2 Å². The van der Waals surface area contributed by atoms with Crippen molar-refractivity contribution in [3.8, 4) is 0 Å². The molecule has 86 valence electrons. The number of halogens is 4. The number of hydrogen-bond acceptors (Lipinski definition) is 2. The first-order valence-corrected chi connectivity index (χ1v) is 4.68. The first kappa shape index (κ1) is 12.3. The molecule has 7 heteroatoms. The highest BCUT2D eigenvalue weighted by Crippen LogP contribution is 2.25. The van der Waals surface area contributed by atoms with Gasteiger partial charge in [-0.25, -0.2) is 4.98 Å². The molecule has 1 rings (SSSR count).